The van der Waals surface area contributed by atoms with E-state index in [0.29, 0.717) is 5.71 Å². The van der Waals surface area contributed by atoms with Gasteiger partial charge >= 0.3 is 137 Å². The van der Waals surface area contributed by atoms with Crippen molar-refractivity contribution >= 4 is 39.7 Å². The smallest absolute Gasteiger partial charge is 0 e. The fraction of sp³-hybridized carbons (Fsp3) is 0.372. The molecule has 0 unspecified atom stereocenters. The van der Waals surface area contributed by atoms with Crippen molar-refractivity contribution in [2.45, 2.75) is 88.4 Å². The number of hydrogen-bond acceptors (Lipinski definition) is 4. The first kappa shape index (κ1) is 35.7. The second kappa shape index (κ2) is 15.8. The molecular weight excluding hydrogens is 839 g/mol. The molecule has 0 amide bonds. The molecule has 8 rings (SSSR count). The van der Waals surface area contributed by atoms with Gasteiger partial charge in [-0.25, -0.2) is 4.98 Å². The Kier molecular flexibility index (Phi) is 11.5. The van der Waals surface area contributed by atoms with Crippen LogP contribution in [-0.2, 0) is 32.9 Å². The zero-order valence-corrected chi connectivity index (χ0v) is 33.8. The number of hydrogen-bond donors (Lipinski definition) is 0. The van der Waals surface area contributed by atoms with Crippen molar-refractivity contribution in [1.29, 1.82) is 0 Å². The number of aryl methyl sites for hydroxylation is 1. The number of furan rings is 1. The molecule has 2 aromatic carbocycles. The summed E-state index contributed by atoms with van der Waals surface area (Å²) < 4.78 is 7.56. The first-order chi connectivity index (χ1) is 23.3. The largest absolute Gasteiger partial charge is 0 e. The molecule has 2 saturated carbocycles. The normalized spacial score (nSPS) is 15.3. The van der Waals surface area contributed by atoms with Gasteiger partial charge in [-0.05, 0) is 37.1 Å². The predicted molar refractivity (Wildman–Crippen MR) is 201 cm³/mol. The summed E-state index contributed by atoms with van der Waals surface area (Å²) in [5.74, 6) is 9.15. The van der Waals surface area contributed by atoms with E-state index in [1.807, 2.05) is 43.5 Å². The average Bonchev–Trinajstić information content (AvgIpc) is 3.87. The topological polar surface area (TPSA) is 51.8 Å². The summed E-state index contributed by atoms with van der Waals surface area (Å²) in [4.78, 5) is 13.8. The Bertz CT molecular complexity index is 2000. The van der Waals surface area contributed by atoms with E-state index in [9.17, 15) is 0 Å². The van der Waals surface area contributed by atoms with E-state index in [2.05, 4.69) is 82.0 Å². The molecule has 0 aliphatic heterocycles. The van der Waals surface area contributed by atoms with Crippen LogP contribution in [0.5, 0.6) is 0 Å². The van der Waals surface area contributed by atoms with Gasteiger partial charge in [-0.2, -0.15) is 0 Å². The Labute approximate surface area is 308 Å². The van der Waals surface area contributed by atoms with Gasteiger partial charge in [-0.1, -0.05) is 54.8 Å². The molecule has 4 nitrogen and oxygen atoms in total. The number of pyridine rings is 3. The summed E-state index contributed by atoms with van der Waals surface area (Å²) in [5, 5.41) is 2.09. The van der Waals surface area contributed by atoms with Crippen molar-refractivity contribution in [2.24, 2.45) is 11.8 Å². The number of aromatic nitrogens is 3. The number of nitrogens with zero attached hydrogens (tertiary/aromatic N) is 3. The fourth-order valence-electron chi connectivity index (χ4n) is 7.70. The monoisotopic (exact) mass is 888 g/mol. The maximum Gasteiger partial charge on any atom is 0 e. The molecule has 2 aliphatic carbocycles. The zero-order valence-electron chi connectivity index (χ0n) is 29.3. The average molecular weight is 887 g/mol. The molecule has 1 radical (unpaired) electrons. The molecule has 2 aliphatic rings. The molecule has 4 aromatic heterocycles. The summed E-state index contributed by atoms with van der Waals surface area (Å²) >= 11 is -1.87. The third-order valence-electron chi connectivity index (χ3n) is 10.3. The van der Waals surface area contributed by atoms with Crippen LogP contribution in [0.1, 0.15) is 68.2 Å². The fourth-order valence-corrected chi connectivity index (χ4v) is 11.0. The third kappa shape index (κ3) is 8.61. The summed E-state index contributed by atoms with van der Waals surface area (Å²) in [5.41, 5.74) is 9.57. The summed E-state index contributed by atoms with van der Waals surface area (Å²) in [6.45, 7) is 1.98. The minimum Gasteiger partial charge on any atom is 0 e. The van der Waals surface area contributed by atoms with Crippen LogP contribution in [0.3, 0.4) is 0 Å². The van der Waals surface area contributed by atoms with Gasteiger partial charge in [0, 0.05) is 37.4 Å². The van der Waals surface area contributed by atoms with Crippen molar-refractivity contribution in [3.8, 4) is 22.5 Å². The predicted octanol–water partition coefficient (Wildman–Crippen LogP) is 10.7. The van der Waals surface area contributed by atoms with Gasteiger partial charge < -0.3 is 9.40 Å². The van der Waals surface area contributed by atoms with Crippen molar-refractivity contribution in [1.82, 2.24) is 15.0 Å². The van der Waals surface area contributed by atoms with Crippen molar-refractivity contribution in [2.75, 3.05) is 0 Å². The standard InChI is InChI=1S/C23H21N2O.C20H26GeN.Ir/c1-15-6-8-20-19-9-7-18(14-22(19)26-23(20)25-15)21-13-17(10-11-24-21)12-16-4-2-3-5-16;1-21(2,3)19-15-22-20(17-11-5-4-6-12-17)14-18(19)13-16-9-7-8-10-16;/h6,8-11,13-14,16H,2-5,12H2,1H3;4-6,11,14-16H,7-10,13H2,1-3H3;/q2*-1;. The van der Waals surface area contributed by atoms with Gasteiger partial charge in [-0.15, -0.1) is 17.7 Å². The minimum absolute atomic E-state index is 0. The Balaban J connectivity index is 0.000000169. The Hall–Kier alpha value is -3.12. The van der Waals surface area contributed by atoms with Gasteiger partial charge in [0.15, 0.2) is 0 Å². The summed E-state index contributed by atoms with van der Waals surface area (Å²) in [7, 11) is 0. The Morgan fingerprint density at radius 1 is 0.776 bits per heavy atom. The molecule has 0 saturated heterocycles. The Morgan fingerprint density at radius 2 is 1.51 bits per heavy atom. The first-order valence-electron chi connectivity index (χ1n) is 17.9. The molecule has 6 heteroatoms. The second-order valence-corrected chi connectivity index (χ2v) is 25.6. The molecule has 0 N–H and O–H groups in total. The molecule has 0 bridgehead atoms. The van der Waals surface area contributed by atoms with E-state index in [4.69, 9.17) is 9.40 Å². The summed E-state index contributed by atoms with van der Waals surface area (Å²) in [6, 6.07) is 29.7. The number of rotatable bonds is 7. The van der Waals surface area contributed by atoms with Gasteiger partial charge in [-0.3, -0.25) is 0 Å². The molecule has 6 aromatic rings. The quantitative estimate of drug-likeness (QED) is 0.118. The number of fused-ring (bicyclic) bond motifs is 3. The number of benzene rings is 2. The van der Waals surface area contributed by atoms with E-state index >= 15 is 0 Å². The minimum atomic E-state index is -1.87. The van der Waals surface area contributed by atoms with E-state index in [1.165, 1.54) is 63.4 Å². The van der Waals surface area contributed by atoms with Crippen LogP contribution in [-0.4, -0.2) is 28.2 Å². The third-order valence-corrected chi connectivity index (χ3v) is 14.6. The van der Waals surface area contributed by atoms with Crippen LogP contribution in [0, 0.1) is 30.9 Å². The van der Waals surface area contributed by atoms with Gasteiger partial charge in [0.25, 0.3) is 0 Å². The second-order valence-electron chi connectivity index (χ2n) is 15.0. The van der Waals surface area contributed by atoms with Crippen LogP contribution in [0.25, 0.3) is 44.6 Å². The van der Waals surface area contributed by atoms with Crippen LogP contribution >= 0.6 is 0 Å². The van der Waals surface area contributed by atoms with E-state index in [-0.39, 0.29) is 20.1 Å². The molecule has 2 fully saturated rings. The van der Waals surface area contributed by atoms with E-state index in [1.54, 1.807) is 9.96 Å². The molecular formula is C43H47GeIrN3O-2. The molecule has 0 spiro atoms. The molecule has 49 heavy (non-hydrogen) atoms. The Morgan fingerprint density at radius 3 is 2.22 bits per heavy atom. The van der Waals surface area contributed by atoms with E-state index in [0.717, 1.165) is 62.8 Å². The summed E-state index contributed by atoms with van der Waals surface area (Å²) in [6.07, 6.45) is 17.6. The van der Waals surface area contributed by atoms with Gasteiger partial charge in [0.1, 0.15) is 0 Å². The molecule has 255 valence electrons. The van der Waals surface area contributed by atoms with Crippen LogP contribution in [0.2, 0.25) is 17.3 Å². The van der Waals surface area contributed by atoms with E-state index < -0.39 is 13.3 Å². The van der Waals surface area contributed by atoms with Gasteiger partial charge in [0.05, 0.1) is 5.58 Å². The van der Waals surface area contributed by atoms with Crippen LogP contribution < -0.4 is 4.40 Å². The van der Waals surface area contributed by atoms with Crippen LogP contribution in [0.4, 0.5) is 0 Å². The SMILES string of the molecule is Cc1ccc2c(n1)oc1cc(-c3cc(CC4CCCC4)ccn3)[c-]cc12.[CH3][Ge]([CH3])([CH3])[c]1cnc(-c2[c-]cccc2)cc1CC1CCCC1.[Ir]. The van der Waals surface area contributed by atoms with Crippen molar-refractivity contribution in [3.05, 3.63) is 108 Å². The first-order valence-corrected chi connectivity index (χ1v) is 25.3. The van der Waals surface area contributed by atoms with Crippen molar-refractivity contribution < 1.29 is 24.5 Å². The molecule has 0 atom stereocenters. The maximum atomic E-state index is 5.97. The zero-order chi connectivity index (χ0) is 33.1. The van der Waals surface area contributed by atoms with Crippen molar-refractivity contribution in [3.63, 3.8) is 0 Å². The van der Waals surface area contributed by atoms with Gasteiger partial charge in [0.2, 0.25) is 5.71 Å². The van der Waals surface area contributed by atoms with Crippen LogP contribution in [0.15, 0.2) is 83.5 Å². The maximum absolute atomic E-state index is 5.97. The molecule has 4 heterocycles.